The molecule has 0 aliphatic carbocycles. The van der Waals surface area contributed by atoms with Gasteiger partial charge in [-0.15, -0.1) is 11.3 Å². The Labute approximate surface area is 180 Å². The van der Waals surface area contributed by atoms with Gasteiger partial charge in [0, 0.05) is 30.4 Å². The molecule has 1 fully saturated rings. The number of hydrogen-bond acceptors (Lipinski definition) is 5. The molecule has 1 aliphatic heterocycles. The first-order valence-corrected chi connectivity index (χ1v) is 12.5. The molecule has 1 aromatic carbocycles. The maximum Gasteiger partial charge on any atom is 0.246 e. The molecule has 8 heteroatoms. The van der Waals surface area contributed by atoms with Crippen molar-refractivity contribution in [2.45, 2.75) is 19.4 Å². The predicted molar refractivity (Wildman–Crippen MR) is 120 cm³/mol. The van der Waals surface area contributed by atoms with Gasteiger partial charge in [-0.25, -0.2) is 13.1 Å². The van der Waals surface area contributed by atoms with E-state index < -0.39 is 9.84 Å². The lowest BCUT2D eigenvalue weighted by molar-refractivity contribution is -0.127. The fourth-order valence-electron chi connectivity index (χ4n) is 3.70. The van der Waals surface area contributed by atoms with Gasteiger partial charge >= 0.3 is 0 Å². The Bertz CT molecular complexity index is 1150. The van der Waals surface area contributed by atoms with E-state index >= 15 is 0 Å². The number of thiophene rings is 1. The number of aromatic nitrogens is 2. The van der Waals surface area contributed by atoms with Crippen LogP contribution in [0.25, 0.3) is 22.3 Å². The van der Waals surface area contributed by atoms with E-state index in [0.29, 0.717) is 13.0 Å². The molecule has 1 saturated heterocycles. The van der Waals surface area contributed by atoms with Gasteiger partial charge in [-0.2, -0.15) is 5.10 Å². The van der Waals surface area contributed by atoms with Crippen LogP contribution in [0.2, 0.25) is 0 Å². The van der Waals surface area contributed by atoms with E-state index in [1.54, 1.807) is 27.0 Å². The number of sulfone groups is 1. The van der Waals surface area contributed by atoms with Crippen LogP contribution >= 0.6 is 11.3 Å². The third-order valence-electron chi connectivity index (χ3n) is 5.20. The fourth-order valence-corrected chi connectivity index (χ4v) is 6.16. The number of nitrogens with zero attached hydrogens (tertiary/aromatic N) is 3. The van der Waals surface area contributed by atoms with Crippen molar-refractivity contribution >= 4 is 33.2 Å². The summed E-state index contributed by atoms with van der Waals surface area (Å²) in [5.41, 5.74) is 2.58. The van der Waals surface area contributed by atoms with Crippen molar-refractivity contribution in [1.82, 2.24) is 14.7 Å². The molecule has 156 valence electrons. The van der Waals surface area contributed by atoms with Crippen LogP contribution in [-0.4, -0.2) is 53.1 Å². The van der Waals surface area contributed by atoms with Crippen LogP contribution in [0, 0.1) is 0 Å². The van der Waals surface area contributed by atoms with Crippen molar-refractivity contribution in [3.05, 3.63) is 65.7 Å². The molecule has 6 nitrogen and oxygen atoms in total. The third kappa shape index (κ3) is 4.39. The molecule has 0 N–H and O–H groups in total. The third-order valence-corrected chi connectivity index (χ3v) is 7.82. The lowest BCUT2D eigenvalue weighted by Gasteiger charge is -2.25. The number of hydrogen-bond donors (Lipinski definition) is 0. The minimum absolute atomic E-state index is 0.0484. The zero-order valence-corrected chi connectivity index (χ0v) is 18.3. The van der Waals surface area contributed by atoms with Crippen LogP contribution in [0.4, 0.5) is 0 Å². The second kappa shape index (κ2) is 8.57. The summed E-state index contributed by atoms with van der Waals surface area (Å²) in [7, 11) is -3.04. The molecule has 0 radical (unpaired) electrons. The van der Waals surface area contributed by atoms with Crippen molar-refractivity contribution in [2.24, 2.45) is 0 Å². The Morgan fingerprint density at radius 2 is 2.07 bits per heavy atom. The average Bonchev–Trinajstić information content (AvgIpc) is 3.47. The Balaban J connectivity index is 1.62. The number of carbonyl (C=O) groups is 1. The van der Waals surface area contributed by atoms with Gasteiger partial charge in [0.25, 0.3) is 0 Å². The fraction of sp³-hybridized carbons (Fsp3) is 0.273. The van der Waals surface area contributed by atoms with Gasteiger partial charge < -0.3 is 4.90 Å². The summed E-state index contributed by atoms with van der Waals surface area (Å²) < 4.78 is 25.4. The smallest absolute Gasteiger partial charge is 0.246 e. The van der Waals surface area contributed by atoms with Crippen LogP contribution in [0.5, 0.6) is 0 Å². The molecule has 1 atom stereocenters. The zero-order valence-electron chi connectivity index (χ0n) is 16.6. The molecule has 3 aromatic rings. The van der Waals surface area contributed by atoms with Gasteiger partial charge in [-0.05, 0) is 43.0 Å². The Morgan fingerprint density at radius 1 is 1.27 bits per heavy atom. The molecule has 1 amide bonds. The lowest BCUT2D eigenvalue weighted by atomic mass is 10.2. The Kier molecular flexibility index (Phi) is 5.87. The molecule has 3 heterocycles. The summed E-state index contributed by atoms with van der Waals surface area (Å²) in [4.78, 5) is 15.5. The number of rotatable bonds is 6. The van der Waals surface area contributed by atoms with Gasteiger partial charge in [-0.3, -0.25) is 4.79 Å². The summed E-state index contributed by atoms with van der Waals surface area (Å²) in [6, 6.07) is 13.5. The van der Waals surface area contributed by atoms with Crippen molar-refractivity contribution in [2.75, 3.05) is 18.1 Å². The SMILES string of the molecule is CCN(C(=O)C=Cc1cn(-c2ccccc2)nc1-c1cccs1)C1CCS(=O)(=O)C1. The molecule has 30 heavy (non-hydrogen) atoms. The van der Waals surface area contributed by atoms with Gasteiger partial charge in [-0.1, -0.05) is 24.3 Å². The van der Waals surface area contributed by atoms with Crippen LogP contribution in [0.1, 0.15) is 18.9 Å². The van der Waals surface area contributed by atoms with E-state index in [9.17, 15) is 13.2 Å². The predicted octanol–water partition coefficient (Wildman–Crippen LogP) is 3.65. The van der Waals surface area contributed by atoms with E-state index in [1.807, 2.05) is 61.0 Å². The monoisotopic (exact) mass is 441 g/mol. The molecular formula is C22H23N3O3S2. The van der Waals surface area contributed by atoms with E-state index in [4.69, 9.17) is 5.10 Å². The topological polar surface area (TPSA) is 72.3 Å². The summed E-state index contributed by atoms with van der Waals surface area (Å²) in [5.74, 6) is 0.0221. The van der Waals surface area contributed by atoms with Crippen molar-refractivity contribution in [3.63, 3.8) is 0 Å². The zero-order chi connectivity index (χ0) is 21.1. The molecule has 4 rings (SSSR count). The van der Waals surface area contributed by atoms with Crippen molar-refractivity contribution in [3.8, 4) is 16.3 Å². The lowest BCUT2D eigenvalue weighted by Crippen LogP contribution is -2.40. The van der Waals surface area contributed by atoms with Crippen LogP contribution in [0.15, 0.2) is 60.1 Å². The van der Waals surface area contributed by atoms with Gasteiger partial charge in [0.1, 0.15) is 5.69 Å². The summed E-state index contributed by atoms with van der Waals surface area (Å²) in [6.45, 7) is 2.35. The Morgan fingerprint density at radius 3 is 2.70 bits per heavy atom. The summed E-state index contributed by atoms with van der Waals surface area (Å²) in [5, 5.41) is 6.73. The molecule has 1 unspecified atom stereocenters. The molecule has 0 spiro atoms. The highest BCUT2D eigenvalue weighted by Gasteiger charge is 2.33. The van der Waals surface area contributed by atoms with Gasteiger partial charge in [0.2, 0.25) is 5.91 Å². The number of carbonyl (C=O) groups excluding carboxylic acids is 1. The standard InChI is InChI=1S/C22H23N3O3S2/c1-2-24(19-12-14-30(27,28)16-19)21(26)11-10-17-15-25(18-7-4-3-5-8-18)23-22(17)20-9-6-13-29-20/h3-11,13,15,19H,2,12,14,16H2,1H3. The maximum atomic E-state index is 12.8. The van der Waals surface area contributed by atoms with E-state index in [1.165, 1.54) is 6.08 Å². The highest BCUT2D eigenvalue weighted by molar-refractivity contribution is 7.91. The molecule has 0 bridgehead atoms. The maximum absolute atomic E-state index is 12.8. The summed E-state index contributed by atoms with van der Waals surface area (Å²) >= 11 is 1.59. The largest absolute Gasteiger partial charge is 0.335 e. The number of amides is 1. The first-order chi connectivity index (χ1) is 14.5. The molecule has 0 saturated carbocycles. The van der Waals surface area contributed by atoms with Gasteiger partial charge in [0.15, 0.2) is 9.84 Å². The van der Waals surface area contributed by atoms with E-state index in [2.05, 4.69) is 0 Å². The number of likely N-dealkylation sites (N-methyl/N-ethyl adjacent to an activating group) is 1. The van der Waals surface area contributed by atoms with Crippen LogP contribution in [-0.2, 0) is 14.6 Å². The highest BCUT2D eigenvalue weighted by Crippen LogP contribution is 2.29. The molecule has 2 aromatic heterocycles. The second-order valence-corrected chi connectivity index (χ2v) is 10.4. The first-order valence-electron chi connectivity index (χ1n) is 9.85. The molecular weight excluding hydrogens is 418 g/mol. The normalized spacial score (nSPS) is 18.1. The number of benzene rings is 1. The first kappa shape index (κ1) is 20.6. The molecule has 1 aliphatic rings. The minimum atomic E-state index is -3.04. The van der Waals surface area contributed by atoms with Crippen LogP contribution < -0.4 is 0 Å². The quantitative estimate of drug-likeness (QED) is 0.548. The Hall–Kier alpha value is -2.71. The number of para-hydroxylation sites is 1. The van der Waals surface area contributed by atoms with Crippen molar-refractivity contribution in [1.29, 1.82) is 0 Å². The summed E-state index contributed by atoms with van der Waals surface area (Å²) in [6.07, 6.45) is 5.71. The minimum Gasteiger partial charge on any atom is -0.335 e. The average molecular weight is 442 g/mol. The van der Waals surface area contributed by atoms with Crippen molar-refractivity contribution < 1.29 is 13.2 Å². The second-order valence-electron chi connectivity index (χ2n) is 7.20. The van der Waals surface area contributed by atoms with Gasteiger partial charge in [0.05, 0.1) is 22.1 Å². The van der Waals surface area contributed by atoms with Crippen LogP contribution in [0.3, 0.4) is 0 Å². The van der Waals surface area contributed by atoms with E-state index in [0.717, 1.165) is 21.8 Å². The highest BCUT2D eigenvalue weighted by atomic mass is 32.2. The van der Waals surface area contributed by atoms with E-state index in [-0.39, 0.29) is 23.5 Å².